The summed E-state index contributed by atoms with van der Waals surface area (Å²) in [5, 5.41) is 5.99. The average Bonchev–Trinajstić information content (AvgIpc) is 3.05. The molecule has 0 unspecified atom stereocenters. The molecule has 4 heteroatoms. The second kappa shape index (κ2) is 6.32. The molecule has 0 bridgehead atoms. The van der Waals surface area contributed by atoms with E-state index in [1.165, 1.54) is 5.56 Å². The highest BCUT2D eigenvalue weighted by Gasteiger charge is 2.20. The van der Waals surface area contributed by atoms with E-state index in [0.29, 0.717) is 11.3 Å². The first-order chi connectivity index (χ1) is 12.3. The Morgan fingerprint density at radius 1 is 1.12 bits per heavy atom. The molecule has 122 valence electrons. The van der Waals surface area contributed by atoms with Crippen LogP contribution in [0.15, 0.2) is 82.6 Å². The molecule has 4 nitrogen and oxygen atoms in total. The average molecular weight is 328 g/mol. The largest absolute Gasteiger partial charge is 0.365 e. The molecule has 0 saturated heterocycles. The molecule has 0 N–H and O–H groups in total. The number of carbonyl (C=O) groups excluding carboxylic acids is 1. The molecule has 2 aromatic carbocycles. The van der Waals surface area contributed by atoms with Crippen LogP contribution in [0.25, 0.3) is 5.57 Å². The molecular weight excluding hydrogens is 312 g/mol. The Hall–Kier alpha value is -3.27. The lowest BCUT2D eigenvalue weighted by Gasteiger charge is -2.08. The second-order valence-electron chi connectivity index (χ2n) is 5.82. The predicted molar refractivity (Wildman–Crippen MR) is 96.5 cm³/mol. The van der Waals surface area contributed by atoms with Crippen LogP contribution in [-0.2, 0) is 11.3 Å². The molecule has 0 aromatic heterocycles. The zero-order valence-corrected chi connectivity index (χ0v) is 13.8. The minimum Gasteiger partial charge on any atom is -0.312 e. The summed E-state index contributed by atoms with van der Waals surface area (Å²) in [6, 6.07) is 15.2. The Morgan fingerprint density at radius 2 is 1.92 bits per heavy atom. The zero-order valence-electron chi connectivity index (χ0n) is 13.8. The van der Waals surface area contributed by atoms with Crippen molar-refractivity contribution in [1.29, 1.82) is 0 Å². The molecule has 1 aliphatic heterocycles. The van der Waals surface area contributed by atoms with Gasteiger partial charge in [0.05, 0.1) is 16.6 Å². The van der Waals surface area contributed by atoms with E-state index in [2.05, 4.69) is 17.1 Å². The normalized spacial score (nSPS) is 16.1. The number of para-hydroxylation sites is 1. The van der Waals surface area contributed by atoms with Crippen molar-refractivity contribution < 1.29 is 9.63 Å². The third-order valence-electron chi connectivity index (χ3n) is 4.26. The maximum absolute atomic E-state index is 12.2. The minimum atomic E-state index is -0.469. The van der Waals surface area contributed by atoms with Gasteiger partial charge < -0.3 is 4.84 Å². The lowest BCUT2D eigenvalue weighted by molar-refractivity contribution is 0.0517. The Morgan fingerprint density at radius 3 is 2.72 bits per heavy atom. The SMILES string of the molecule is CCc1ccc(C(=O)ON=C2C=CC=C3N=c4ccccc4=C32)cc1. The number of carbonyl (C=O) groups is 1. The summed E-state index contributed by atoms with van der Waals surface area (Å²) in [6.45, 7) is 2.07. The number of oxime groups is 1. The van der Waals surface area contributed by atoms with E-state index in [4.69, 9.17) is 4.84 Å². The summed E-state index contributed by atoms with van der Waals surface area (Å²) in [5.41, 5.74) is 3.99. The Labute approximate surface area is 145 Å². The van der Waals surface area contributed by atoms with E-state index in [1.54, 1.807) is 12.1 Å². The third-order valence-corrected chi connectivity index (χ3v) is 4.26. The van der Waals surface area contributed by atoms with Gasteiger partial charge in [0.15, 0.2) is 0 Å². The lowest BCUT2D eigenvalue weighted by atomic mass is 10.0. The molecule has 0 fully saturated rings. The lowest BCUT2D eigenvalue weighted by Crippen LogP contribution is -2.24. The first-order valence-corrected chi connectivity index (χ1v) is 8.22. The summed E-state index contributed by atoms with van der Waals surface area (Å²) < 4.78 is 0. The molecule has 1 aliphatic carbocycles. The molecule has 0 saturated carbocycles. The summed E-state index contributed by atoms with van der Waals surface area (Å²) >= 11 is 0. The van der Waals surface area contributed by atoms with Crippen LogP contribution in [0.2, 0.25) is 0 Å². The highest BCUT2D eigenvalue weighted by molar-refractivity contribution is 6.30. The smallest absolute Gasteiger partial charge is 0.312 e. The number of allylic oxidation sites excluding steroid dienone is 4. The van der Waals surface area contributed by atoms with Crippen LogP contribution in [0.1, 0.15) is 22.8 Å². The van der Waals surface area contributed by atoms with Crippen LogP contribution in [0.5, 0.6) is 0 Å². The molecule has 0 amide bonds. The van der Waals surface area contributed by atoms with Crippen LogP contribution < -0.4 is 10.6 Å². The second-order valence-corrected chi connectivity index (χ2v) is 5.82. The predicted octanol–water partition coefficient (Wildman–Crippen LogP) is 2.70. The first kappa shape index (κ1) is 15.3. The molecular formula is C21H16N2O2. The van der Waals surface area contributed by atoms with Gasteiger partial charge in [0, 0.05) is 10.8 Å². The number of aryl methyl sites for hydroxylation is 1. The zero-order chi connectivity index (χ0) is 17.2. The van der Waals surface area contributed by atoms with Crippen molar-refractivity contribution in [2.24, 2.45) is 10.1 Å². The van der Waals surface area contributed by atoms with Gasteiger partial charge in [-0.1, -0.05) is 48.5 Å². The van der Waals surface area contributed by atoms with Gasteiger partial charge in [0.1, 0.15) is 5.71 Å². The van der Waals surface area contributed by atoms with E-state index in [0.717, 1.165) is 28.3 Å². The maximum atomic E-state index is 12.2. The van der Waals surface area contributed by atoms with Crippen molar-refractivity contribution in [3.8, 4) is 0 Å². The van der Waals surface area contributed by atoms with Gasteiger partial charge in [-0.2, -0.15) is 0 Å². The molecule has 1 heterocycles. The number of rotatable bonds is 3. The molecule has 4 rings (SSSR count). The summed E-state index contributed by atoms with van der Waals surface area (Å²) in [5.74, 6) is -0.469. The fraction of sp³-hybridized carbons (Fsp3) is 0.0952. The molecule has 2 aliphatic rings. The van der Waals surface area contributed by atoms with E-state index in [-0.39, 0.29) is 0 Å². The van der Waals surface area contributed by atoms with Gasteiger partial charge in [0.2, 0.25) is 0 Å². The topological polar surface area (TPSA) is 51.0 Å². The van der Waals surface area contributed by atoms with E-state index >= 15 is 0 Å². The Balaban J connectivity index is 1.64. The van der Waals surface area contributed by atoms with E-state index in [1.807, 2.05) is 54.6 Å². The number of hydrogen-bond donors (Lipinski definition) is 0. The van der Waals surface area contributed by atoms with Gasteiger partial charge in [-0.05, 0) is 42.3 Å². The highest BCUT2D eigenvalue weighted by Crippen LogP contribution is 2.21. The molecule has 0 radical (unpaired) electrons. The maximum Gasteiger partial charge on any atom is 0.365 e. The molecule has 0 atom stereocenters. The van der Waals surface area contributed by atoms with Crippen LogP contribution in [0, 0.1) is 0 Å². The van der Waals surface area contributed by atoms with Gasteiger partial charge in [-0.3, -0.25) is 0 Å². The van der Waals surface area contributed by atoms with E-state index in [9.17, 15) is 4.79 Å². The first-order valence-electron chi connectivity index (χ1n) is 8.22. The fourth-order valence-electron chi connectivity index (χ4n) is 2.91. The summed E-state index contributed by atoms with van der Waals surface area (Å²) in [6.07, 6.45) is 6.54. The Bertz CT molecular complexity index is 1060. The van der Waals surface area contributed by atoms with Crippen LogP contribution >= 0.6 is 0 Å². The Kier molecular flexibility index (Phi) is 3.86. The van der Waals surface area contributed by atoms with Crippen LogP contribution in [0.4, 0.5) is 0 Å². The van der Waals surface area contributed by atoms with Crippen molar-refractivity contribution >= 4 is 17.3 Å². The number of benzene rings is 2. The quantitative estimate of drug-likeness (QED) is 0.642. The van der Waals surface area contributed by atoms with Gasteiger partial charge >= 0.3 is 5.97 Å². The fourth-order valence-corrected chi connectivity index (χ4v) is 2.91. The molecule has 2 aromatic rings. The van der Waals surface area contributed by atoms with Crippen LogP contribution in [-0.4, -0.2) is 11.7 Å². The number of hydrogen-bond acceptors (Lipinski definition) is 4. The standard InChI is InChI=1S/C21H16N2O2/c1-2-14-10-12-15(13-11-14)21(24)25-23-19-9-5-8-18-20(19)16-6-3-4-7-17(16)22-18/h3-13H,2H2,1H3. The third kappa shape index (κ3) is 2.83. The van der Waals surface area contributed by atoms with Gasteiger partial charge in [0.25, 0.3) is 0 Å². The van der Waals surface area contributed by atoms with Crippen molar-refractivity contribution in [2.75, 3.05) is 0 Å². The summed E-state index contributed by atoms with van der Waals surface area (Å²) in [4.78, 5) is 22.0. The van der Waals surface area contributed by atoms with E-state index < -0.39 is 5.97 Å². The van der Waals surface area contributed by atoms with Crippen molar-refractivity contribution in [3.63, 3.8) is 0 Å². The van der Waals surface area contributed by atoms with Gasteiger partial charge in [-0.25, -0.2) is 9.79 Å². The van der Waals surface area contributed by atoms with Gasteiger partial charge in [-0.15, -0.1) is 0 Å². The number of fused-ring (bicyclic) bond motifs is 2. The minimum absolute atomic E-state index is 0.469. The highest BCUT2D eigenvalue weighted by atomic mass is 16.7. The van der Waals surface area contributed by atoms with Crippen molar-refractivity contribution in [2.45, 2.75) is 13.3 Å². The molecule has 0 spiro atoms. The monoisotopic (exact) mass is 328 g/mol. The van der Waals surface area contributed by atoms with Crippen molar-refractivity contribution in [1.82, 2.24) is 0 Å². The van der Waals surface area contributed by atoms with Crippen LogP contribution in [0.3, 0.4) is 0 Å². The molecule has 25 heavy (non-hydrogen) atoms. The number of nitrogens with zero attached hydrogens (tertiary/aromatic N) is 2. The summed E-state index contributed by atoms with van der Waals surface area (Å²) in [7, 11) is 0. The van der Waals surface area contributed by atoms with Crippen molar-refractivity contribution in [3.05, 3.63) is 94.2 Å².